The zero-order valence-electron chi connectivity index (χ0n) is 14.6. The van der Waals surface area contributed by atoms with Gasteiger partial charge in [0.2, 0.25) is 0 Å². The Morgan fingerprint density at radius 1 is 1.12 bits per heavy atom. The lowest BCUT2D eigenvalue weighted by Crippen LogP contribution is -2.37. The molecule has 6 heteroatoms. The molecule has 0 radical (unpaired) electrons. The topological polar surface area (TPSA) is 67.4 Å². The number of anilines is 2. The number of benzene rings is 1. The van der Waals surface area contributed by atoms with E-state index < -0.39 is 0 Å². The number of hydrogen-bond donors (Lipinski definition) is 1. The van der Waals surface area contributed by atoms with E-state index in [1.807, 2.05) is 18.2 Å². The van der Waals surface area contributed by atoms with E-state index in [2.05, 4.69) is 39.5 Å². The first kappa shape index (κ1) is 17.4. The predicted octanol–water partition coefficient (Wildman–Crippen LogP) is 2.91. The van der Waals surface area contributed by atoms with Gasteiger partial charge in [-0.1, -0.05) is 25.5 Å². The first-order chi connectivity index (χ1) is 12.3. The van der Waals surface area contributed by atoms with Crippen molar-refractivity contribution in [2.24, 2.45) is 0 Å². The van der Waals surface area contributed by atoms with Crippen molar-refractivity contribution in [3.63, 3.8) is 0 Å². The zero-order chi connectivity index (χ0) is 17.5. The molecule has 2 aromatic rings. The van der Waals surface area contributed by atoms with E-state index in [0.29, 0.717) is 18.9 Å². The highest BCUT2D eigenvalue weighted by Gasteiger charge is 2.14. The van der Waals surface area contributed by atoms with E-state index in [1.54, 1.807) is 6.07 Å². The number of aromatic nitrogens is 2. The third kappa shape index (κ3) is 4.76. The summed E-state index contributed by atoms with van der Waals surface area (Å²) < 4.78 is 5.33. The molecule has 0 atom stereocenters. The third-order valence-corrected chi connectivity index (χ3v) is 4.25. The van der Waals surface area contributed by atoms with Crippen LogP contribution in [0.1, 0.15) is 35.8 Å². The fourth-order valence-electron chi connectivity index (χ4n) is 2.74. The zero-order valence-corrected chi connectivity index (χ0v) is 14.6. The minimum absolute atomic E-state index is 0.248. The predicted molar refractivity (Wildman–Crippen MR) is 98.1 cm³/mol. The highest BCUT2D eigenvalue weighted by molar-refractivity contribution is 6.02. The minimum atomic E-state index is -0.248. The van der Waals surface area contributed by atoms with E-state index in [1.165, 1.54) is 18.4 Å². The van der Waals surface area contributed by atoms with Gasteiger partial charge in [-0.25, -0.2) is 0 Å². The smallest absolute Gasteiger partial charge is 0.276 e. The number of aryl methyl sites for hydroxylation is 1. The van der Waals surface area contributed by atoms with Gasteiger partial charge in [0.15, 0.2) is 11.5 Å². The van der Waals surface area contributed by atoms with E-state index in [9.17, 15) is 4.79 Å². The molecule has 25 heavy (non-hydrogen) atoms. The van der Waals surface area contributed by atoms with Crippen LogP contribution in [0, 0.1) is 0 Å². The lowest BCUT2D eigenvalue weighted by molar-refractivity contribution is 0.102. The number of nitrogens with one attached hydrogen (secondary N) is 1. The molecule has 1 aromatic carbocycles. The normalized spacial score (nSPS) is 14.4. The molecule has 0 aliphatic carbocycles. The molecule has 0 bridgehead atoms. The number of carbonyl (C=O) groups excluding carboxylic acids is 1. The maximum atomic E-state index is 12.3. The molecule has 1 fully saturated rings. The molecule has 0 spiro atoms. The summed E-state index contributed by atoms with van der Waals surface area (Å²) in [6.07, 6.45) is 3.42. The van der Waals surface area contributed by atoms with Crippen LogP contribution in [0.15, 0.2) is 36.4 Å². The van der Waals surface area contributed by atoms with Crippen molar-refractivity contribution in [3.8, 4) is 0 Å². The molecule has 2 heterocycles. The second-order valence-corrected chi connectivity index (χ2v) is 6.13. The molecule has 1 saturated heterocycles. The van der Waals surface area contributed by atoms with Gasteiger partial charge in [-0.2, -0.15) is 0 Å². The Balaban J connectivity index is 1.59. The van der Waals surface area contributed by atoms with Gasteiger partial charge in [-0.15, -0.1) is 10.2 Å². The largest absolute Gasteiger partial charge is 0.378 e. The van der Waals surface area contributed by atoms with E-state index in [0.717, 1.165) is 31.0 Å². The van der Waals surface area contributed by atoms with Gasteiger partial charge in [0, 0.05) is 18.8 Å². The molecule has 1 N–H and O–H groups in total. The quantitative estimate of drug-likeness (QED) is 0.876. The molecule has 0 saturated carbocycles. The maximum absolute atomic E-state index is 12.3. The summed E-state index contributed by atoms with van der Waals surface area (Å²) in [6, 6.07) is 11.5. The summed E-state index contributed by atoms with van der Waals surface area (Å²) in [6.45, 7) is 5.16. The van der Waals surface area contributed by atoms with Gasteiger partial charge in [0.05, 0.1) is 13.2 Å². The molecular weight excluding hydrogens is 316 g/mol. The molecule has 132 valence electrons. The van der Waals surface area contributed by atoms with Crippen molar-refractivity contribution in [3.05, 3.63) is 47.7 Å². The van der Waals surface area contributed by atoms with Crippen LogP contribution >= 0.6 is 0 Å². The molecule has 1 aliphatic rings. The number of carbonyl (C=O) groups is 1. The Bertz CT molecular complexity index is 680. The summed E-state index contributed by atoms with van der Waals surface area (Å²) in [7, 11) is 0. The van der Waals surface area contributed by atoms with E-state index in [4.69, 9.17) is 4.74 Å². The Morgan fingerprint density at radius 2 is 1.88 bits per heavy atom. The van der Waals surface area contributed by atoms with Crippen LogP contribution in [-0.4, -0.2) is 42.4 Å². The number of amides is 1. The van der Waals surface area contributed by atoms with Gasteiger partial charge in [-0.05, 0) is 42.7 Å². The van der Waals surface area contributed by atoms with Gasteiger partial charge in [0.25, 0.3) is 5.91 Å². The summed E-state index contributed by atoms with van der Waals surface area (Å²) in [4.78, 5) is 14.4. The lowest BCUT2D eigenvalue weighted by Gasteiger charge is -2.27. The maximum Gasteiger partial charge on any atom is 0.276 e. The van der Waals surface area contributed by atoms with Gasteiger partial charge < -0.3 is 15.0 Å². The number of morpholine rings is 1. The third-order valence-electron chi connectivity index (χ3n) is 4.25. The Morgan fingerprint density at radius 3 is 2.52 bits per heavy atom. The lowest BCUT2D eigenvalue weighted by atomic mass is 10.1. The van der Waals surface area contributed by atoms with Crippen molar-refractivity contribution >= 4 is 17.4 Å². The highest BCUT2D eigenvalue weighted by Crippen LogP contribution is 2.14. The molecule has 1 amide bonds. The van der Waals surface area contributed by atoms with E-state index in [-0.39, 0.29) is 5.91 Å². The first-order valence-electron chi connectivity index (χ1n) is 8.83. The average Bonchev–Trinajstić information content (AvgIpc) is 2.68. The van der Waals surface area contributed by atoms with Crippen LogP contribution in [0.3, 0.4) is 0 Å². The second-order valence-electron chi connectivity index (χ2n) is 6.13. The minimum Gasteiger partial charge on any atom is -0.378 e. The van der Waals surface area contributed by atoms with Gasteiger partial charge >= 0.3 is 0 Å². The van der Waals surface area contributed by atoms with Crippen LogP contribution in [0.25, 0.3) is 0 Å². The number of nitrogens with zero attached hydrogens (tertiary/aromatic N) is 3. The molecule has 0 unspecified atom stereocenters. The van der Waals surface area contributed by atoms with Crippen LogP contribution in [0.2, 0.25) is 0 Å². The van der Waals surface area contributed by atoms with Gasteiger partial charge in [-0.3, -0.25) is 4.79 Å². The monoisotopic (exact) mass is 340 g/mol. The van der Waals surface area contributed by atoms with Crippen molar-refractivity contribution in [1.29, 1.82) is 0 Å². The summed E-state index contributed by atoms with van der Waals surface area (Å²) in [5.41, 5.74) is 2.37. The number of unbranched alkanes of at least 4 members (excludes halogenated alkanes) is 1. The van der Waals surface area contributed by atoms with Crippen LogP contribution in [-0.2, 0) is 11.2 Å². The first-order valence-corrected chi connectivity index (χ1v) is 8.83. The average molecular weight is 340 g/mol. The Hall–Kier alpha value is -2.47. The molecule has 1 aromatic heterocycles. The Kier molecular flexibility index (Phi) is 5.95. The SMILES string of the molecule is CCCCc1ccc(NC(=O)c2ccc(N3CCOCC3)nn2)cc1. The Labute approximate surface area is 148 Å². The van der Waals surface area contributed by atoms with Crippen molar-refractivity contribution in [2.75, 3.05) is 36.5 Å². The summed E-state index contributed by atoms with van der Waals surface area (Å²) >= 11 is 0. The molecule has 1 aliphatic heterocycles. The van der Waals surface area contributed by atoms with Crippen LogP contribution < -0.4 is 10.2 Å². The van der Waals surface area contributed by atoms with Gasteiger partial charge in [0.1, 0.15) is 0 Å². The molecular formula is C19H24N4O2. The van der Waals surface area contributed by atoms with Crippen molar-refractivity contribution in [2.45, 2.75) is 26.2 Å². The number of ether oxygens (including phenoxy) is 1. The van der Waals surface area contributed by atoms with E-state index >= 15 is 0 Å². The number of rotatable bonds is 6. The second kappa shape index (κ2) is 8.58. The van der Waals surface area contributed by atoms with Crippen LogP contribution in [0.4, 0.5) is 11.5 Å². The summed E-state index contributed by atoms with van der Waals surface area (Å²) in [5.74, 6) is 0.530. The van der Waals surface area contributed by atoms with Crippen LogP contribution in [0.5, 0.6) is 0 Å². The molecule has 6 nitrogen and oxygen atoms in total. The van der Waals surface area contributed by atoms with Crippen molar-refractivity contribution in [1.82, 2.24) is 10.2 Å². The number of hydrogen-bond acceptors (Lipinski definition) is 5. The summed E-state index contributed by atoms with van der Waals surface area (Å²) in [5, 5.41) is 11.1. The molecule has 3 rings (SSSR count). The fourth-order valence-corrected chi connectivity index (χ4v) is 2.74. The standard InChI is InChI=1S/C19H24N4O2/c1-2-3-4-15-5-7-16(8-6-15)20-19(24)17-9-10-18(22-21-17)23-11-13-25-14-12-23/h5-10H,2-4,11-14H2,1H3,(H,20,24). The highest BCUT2D eigenvalue weighted by atomic mass is 16.5. The fraction of sp³-hybridized carbons (Fsp3) is 0.421. The van der Waals surface area contributed by atoms with Crippen molar-refractivity contribution < 1.29 is 9.53 Å².